The first-order valence-corrected chi connectivity index (χ1v) is 5.95. The minimum Gasteiger partial charge on any atom is -0.197 e. The zero-order valence-electron chi connectivity index (χ0n) is 7.82. The number of benzene rings is 1. The minimum atomic E-state index is 0.0242. The van der Waals surface area contributed by atoms with Gasteiger partial charge in [0.15, 0.2) is 0 Å². The zero-order valence-corrected chi connectivity index (χ0v) is 9.39. The standard InChI is InChI=1S/C11H12ClNS/c12-8-4-7-11(9-13)14-10-5-2-1-3-6-10/h1-3,5-6,11H,4,7-8H2. The van der Waals surface area contributed by atoms with Crippen molar-refractivity contribution in [3.63, 3.8) is 0 Å². The molecule has 1 nitrogen and oxygen atoms in total. The van der Waals surface area contributed by atoms with Crippen molar-refractivity contribution in [3.8, 4) is 6.07 Å². The van der Waals surface area contributed by atoms with Gasteiger partial charge >= 0.3 is 0 Å². The summed E-state index contributed by atoms with van der Waals surface area (Å²) >= 11 is 7.20. The van der Waals surface area contributed by atoms with Gasteiger partial charge in [-0.2, -0.15) is 5.26 Å². The number of hydrogen-bond acceptors (Lipinski definition) is 2. The molecule has 0 aliphatic carbocycles. The molecule has 1 aromatic rings. The molecule has 0 aromatic heterocycles. The molecule has 0 N–H and O–H groups in total. The number of hydrogen-bond donors (Lipinski definition) is 0. The van der Waals surface area contributed by atoms with Gasteiger partial charge in [-0.1, -0.05) is 18.2 Å². The predicted octanol–water partition coefficient (Wildman–Crippen LogP) is 3.69. The second kappa shape index (κ2) is 6.75. The van der Waals surface area contributed by atoms with E-state index in [1.165, 1.54) is 0 Å². The second-order valence-electron chi connectivity index (χ2n) is 2.88. The van der Waals surface area contributed by atoms with Crippen LogP contribution in [0.25, 0.3) is 0 Å². The Bertz CT molecular complexity index is 294. The van der Waals surface area contributed by atoms with Gasteiger partial charge in [-0.05, 0) is 25.0 Å². The quantitative estimate of drug-likeness (QED) is 0.564. The Morgan fingerprint density at radius 3 is 2.64 bits per heavy atom. The maximum absolute atomic E-state index is 8.90. The lowest BCUT2D eigenvalue weighted by Gasteiger charge is -2.06. The lowest BCUT2D eigenvalue weighted by Crippen LogP contribution is -1.98. The summed E-state index contributed by atoms with van der Waals surface area (Å²) in [6, 6.07) is 12.3. The first-order chi connectivity index (χ1) is 6.86. The van der Waals surface area contributed by atoms with Gasteiger partial charge in [0, 0.05) is 10.8 Å². The van der Waals surface area contributed by atoms with Crippen LogP contribution >= 0.6 is 23.4 Å². The van der Waals surface area contributed by atoms with E-state index in [1.54, 1.807) is 11.8 Å². The summed E-state index contributed by atoms with van der Waals surface area (Å²) < 4.78 is 0. The minimum absolute atomic E-state index is 0.0242. The van der Waals surface area contributed by atoms with Gasteiger partial charge in [-0.15, -0.1) is 23.4 Å². The largest absolute Gasteiger partial charge is 0.197 e. The Hall–Kier alpha value is -0.650. The number of rotatable bonds is 5. The summed E-state index contributed by atoms with van der Waals surface area (Å²) in [6.45, 7) is 0. The monoisotopic (exact) mass is 225 g/mol. The highest BCUT2D eigenvalue weighted by Crippen LogP contribution is 2.25. The van der Waals surface area contributed by atoms with Crippen molar-refractivity contribution in [1.82, 2.24) is 0 Å². The normalized spacial score (nSPS) is 12.0. The predicted molar refractivity (Wildman–Crippen MR) is 61.7 cm³/mol. The van der Waals surface area contributed by atoms with E-state index < -0.39 is 0 Å². The van der Waals surface area contributed by atoms with Crippen LogP contribution in [-0.2, 0) is 0 Å². The average molecular weight is 226 g/mol. The SMILES string of the molecule is N#CC(CCCCl)Sc1ccccc1. The van der Waals surface area contributed by atoms with E-state index in [0.29, 0.717) is 5.88 Å². The molecule has 14 heavy (non-hydrogen) atoms. The molecule has 0 saturated heterocycles. The summed E-state index contributed by atoms with van der Waals surface area (Å²) in [5.74, 6) is 0.632. The maximum Gasteiger partial charge on any atom is 0.0964 e. The fourth-order valence-corrected chi connectivity index (χ4v) is 2.21. The van der Waals surface area contributed by atoms with Crippen molar-refractivity contribution in [1.29, 1.82) is 5.26 Å². The van der Waals surface area contributed by atoms with Gasteiger partial charge in [0.2, 0.25) is 0 Å². The van der Waals surface area contributed by atoms with Crippen LogP contribution in [0, 0.1) is 11.3 Å². The third-order valence-electron chi connectivity index (χ3n) is 1.77. The number of thioether (sulfide) groups is 1. The zero-order chi connectivity index (χ0) is 10.2. The highest BCUT2D eigenvalue weighted by atomic mass is 35.5. The first-order valence-electron chi connectivity index (χ1n) is 4.54. The van der Waals surface area contributed by atoms with Crippen LogP contribution in [0.1, 0.15) is 12.8 Å². The van der Waals surface area contributed by atoms with Gasteiger partial charge in [-0.25, -0.2) is 0 Å². The van der Waals surface area contributed by atoms with Crippen LogP contribution in [0.5, 0.6) is 0 Å². The molecule has 0 saturated carbocycles. The van der Waals surface area contributed by atoms with E-state index in [2.05, 4.69) is 6.07 Å². The van der Waals surface area contributed by atoms with E-state index in [1.807, 2.05) is 30.3 Å². The van der Waals surface area contributed by atoms with Crippen molar-refractivity contribution >= 4 is 23.4 Å². The second-order valence-corrected chi connectivity index (χ2v) is 4.53. The molecule has 0 fully saturated rings. The first kappa shape index (κ1) is 11.4. The molecule has 0 heterocycles. The van der Waals surface area contributed by atoms with Gasteiger partial charge in [0.1, 0.15) is 0 Å². The summed E-state index contributed by atoms with van der Waals surface area (Å²) in [7, 11) is 0. The van der Waals surface area contributed by atoms with Gasteiger partial charge in [0.25, 0.3) is 0 Å². The molecule has 74 valence electrons. The highest BCUT2D eigenvalue weighted by Gasteiger charge is 2.07. The van der Waals surface area contributed by atoms with Crippen LogP contribution < -0.4 is 0 Å². The van der Waals surface area contributed by atoms with Gasteiger partial charge < -0.3 is 0 Å². The average Bonchev–Trinajstić information content (AvgIpc) is 2.25. The number of alkyl halides is 1. The van der Waals surface area contributed by atoms with Crippen LogP contribution in [0.4, 0.5) is 0 Å². The molecule has 3 heteroatoms. The summed E-state index contributed by atoms with van der Waals surface area (Å²) in [5.41, 5.74) is 0. The Morgan fingerprint density at radius 1 is 1.36 bits per heavy atom. The molecular weight excluding hydrogens is 214 g/mol. The lowest BCUT2D eigenvalue weighted by molar-refractivity contribution is 0.839. The Balaban J connectivity index is 2.46. The molecular formula is C11H12ClNS. The number of nitrogens with zero attached hydrogens (tertiary/aromatic N) is 1. The van der Waals surface area contributed by atoms with Crippen molar-refractivity contribution in [2.24, 2.45) is 0 Å². The molecule has 1 aromatic carbocycles. The molecule has 1 atom stereocenters. The van der Waals surface area contributed by atoms with Crippen molar-refractivity contribution in [2.75, 3.05) is 5.88 Å². The molecule has 1 unspecified atom stereocenters. The van der Waals surface area contributed by atoms with Crippen LogP contribution in [-0.4, -0.2) is 11.1 Å². The number of halogens is 1. The van der Waals surface area contributed by atoms with E-state index in [4.69, 9.17) is 16.9 Å². The Kier molecular flexibility index (Phi) is 5.51. The van der Waals surface area contributed by atoms with E-state index in [0.717, 1.165) is 17.7 Å². The van der Waals surface area contributed by atoms with Crippen molar-refractivity contribution < 1.29 is 0 Å². The summed E-state index contributed by atoms with van der Waals surface area (Å²) in [5, 5.41) is 8.92. The van der Waals surface area contributed by atoms with Crippen molar-refractivity contribution in [2.45, 2.75) is 23.0 Å². The Labute approximate surface area is 94.1 Å². The third-order valence-corrected chi connectivity index (χ3v) is 3.20. The van der Waals surface area contributed by atoms with Crippen LogP contribution in [0.2, 0.25) is 0 Å². The number of nitriles is 1. The summed E-state index contributed by atoms with van der Waals surface area (Å²) in [4.78, 5) is 1.15. The molecule has 0 aliphatic rings. The van der Waals surface area contributed by atoms with E-state index >= 15 is 0 Å². The van der Waals surface area contributed by atoms with E-state index in [-0.39, 0.29) is 5.25 Å². The third kappa shape index (κ3) is 4.04. The lowest BCUT2D eigenvalue weighted by atomic mass is 10.3. The summed E-state index contributed by atoms with van der Waals surface area (Å²) in [6.07, 6.45) is 1.76. The molecule has 0 bridgehead atoms. The molecule has 0 spiro atoms. The van der Waals surface area contributed by atoms with Crippen LogP contribution in [0.15, 0.2) is 35.2 Å². The molecule has 0 amide bonds. The maximum atomic E-state index is 8.90. The fourth-order valence-electron chi connectivity index (χ4n) is 1.08. The van der Waals surface area contributed by atoms with Crippen LogP contribution in [0.3, 0.4) is 0 Å². The van der Waals surface area contributed by atoms with Crippen molar-refractivity contribution in [3.05, 3.63) is 30.3 Å². The molecule has 0 aliphatic heterocycles. The fraction of sp³-hybridized carbons (Fsp3) is 0.364. The molecule has 0 radical (unpaired) electrons. The highest BCUT2D eigenvalue weighted by molar-refractivity contribution is 8.00. The Morgan fingerprint density at radius 2 is 2.07 bits per heavy atom. The van der Waals surface area contributed by atoms with Gasteiger partial charge in [-0.3, -0.25) is 0 Å². The molecule has 1 rings (SSSR count). The topological polar surface area (TPSA) is 23.8 Å². The smallest absolute Gasteiger partial charge is 0.0964 e. The van der Waals surface area contributed by atoms with Gasteiger partial charge in [0.05, 0.1) is 11.3 Å². The van der Waals surface area contributed by atoms with E-state index in [9.17, 15) is 0 Å².